The van der Waals surface area contributed by atoms with Crippen LogP contribution in [0.15, 0.2) is 24.3 Å². The molecule has 0 saturated carbocycles. The minimum absolute atomic E-state index is 0.234. The largest absolute Gasteiger partial charge is 0.494 e. The summed E-state index contributed by atoms with van der Waals surface area (Å²) in [7, 11) is 0. The van der Waals surface area contributed by atoms with E-state index in [1.54, 1.807) is 0 Å². The molecule has 1 aliphatic heterocycles. The van der Waals surface area contributed by atoms with E-state index in [1.165, 1.54) is 5.56 Å². The van der Waals surface area contributed by atoms with Crippen LogP contribution in [0, 0.1) is 5.92 Å². The Kier molecular flexibility index (Phi) is 3.80. The van der Waals surface area contributed by atoms with E-state index in [4.69, 9.17) is 4.74 Å². The van der Waals surface area contributed by atoms with Crippen molar-refractivity contribution in [2.24, 2.45) is 5.92 Å². The topological polar surface area (TPSA) is 41.5 Å². The zero-order chi connectivity index (χ0) is 11.4. The van der Waals surface area contributed by atoms with E-state index >= 15 is 0 Å². The molecule has 16 heavy (non-hydrogen) atoms. The molecule has 0 unspecified atom stereocenters. The summed E-state index contributed by atoms with van der Waals surface area (Å²) in [4.78, 5) is 0. The fourth-order valence-electron chi connectivity index (χ4n) is 2.36. The summed E-state index contributed by atoms with van der Waals surface area (Å²) in [5.41, 5.74) is 1.22. The molecule has 3 heteroatoms. The standard InChI is InChI=1S/C13H19NO2/c1-2-16-13-6-4-3-5-11(13)12-8-14-7-10(12)9-15/h3-6,10,12,14-15H,2,7-9H2,1H3/t10-,12-/m1/s1. The van der Waals surface area contributed by atoms with Crippen LogP contribution in [0.5, 0.6) is 5.75 Å². The van der Waals surface area contributed by atoms with Gasteiger partial charge in [-0.2, -0.15) is 0 Å². The number of aliphatic hydroxyl groups excluding tert-OH is 1. The van der Waals surface area contributed by atoms with Crippen LogP contribution in [0.4, 0.5) is 0 Å². The highest BCUT2D eigenvalue weighted by Gasteiger charge is 2.29. The average Bonchev–Trinajstić information content (AvgIpc) is 2.78. The second kappa shape index (κ2) is 5.32. The Hall–Kier alpha value is -1.06. The molecule has 0 aromatic heterocycles. The number of para-hydroxylation sites is 1. The van der Waals surface area contributed by atoms with Gasteiger partial charge in [0.2, 0.25) is 0 Å². The lowest BCUT2D eigenvalue weighted by Gasteiger charge is -2.19. The number of aliphatic hydroxyl groups is 1. The van der Waals surface area contributed by atoms with E-state index in [9.17, 15) is 5.11 Å². The highest BCUT2D eigenvalue weighted by Crippen LogP contribution is 2.33. The molecule has 0 aliphatic carbocycles. The van der Waals surface area contributed by atoms with Crippen molar-refractivity contribution >= 4 is 0 Å². The van der Waals surface area contributed by atoms with Crippen molar-refractivity contribution in [1.82, 2.24) is 5.32 Å². The van der Waals surface area contributed by atoms with Gasteiger partial charge in [0.05, 0.1) is 6.61 Å². The van der Waals surface area contributed by atoms with Gasteiger partial charge in [-0.05, 0) is 18.6 Å². The lowest BCUT2D eigenvalue weighted by molar-refractivity contribution is 0.224. The third-order valence-electron chi connectivity index (χ3n) is 3.19. The van der Waals surface area contributed by atoms with E-state index < -0.39 is 0 Å². The zero-order valence-electron chi connectivity index (χ0n) is 9.65. The van der Waals surface area contributed by atoms with Gasteiger partial charge in [-0.25, -0.2) is 0 Å². The maximum Gasteiger partial charge on any atom is 0.122 e. The summed E-state index contributed by atoms with van der Waals surface area (Å²) in [5, 5.41) is 12.7. The van der Waals surface area contributed by atoms with Gasteiger partial charge in [0.1, 0.15) is 5.75 Å². The van der Waals surface area contributed by atoms with Gasteiger partial charge >= 0.3 is 0 Å². The summed E-state index contributed by atoms with van der Waals surface area (Å²) < 4.78 is 5.63. The second-order valence-corrected chi connectivity index (χ2v) is 4.18. The first kappa shape index (κ1) is 11.4. The molecule has 88 valence electrons. The second-order valence-electron chi connectivity index (χ2n) is 4.18. The van der Waals surface area contributed by atoms with Crippen LogP contribution in [0.25, 0.3) is 0 Å². The molecule has 0 bridgehead atoms. The van der Waals surface area contributed by atoms with Gasteiger partial charge in [0.25, 0.3) is 0 Å². The predicted molar refractivity (Wildman–Crippen MR) is 63.8 cm³/mol. The molecule has 0 spiro atoms. The first-order valence-corrected chi connectivity index (χ1v) is 5.90. The quantitative estimate of drug-likeness (QED) is 0.807. The van der Waals surface area contributed by atoms with Crippen LogP contribution in [-0.4, -0.2) is 31.4 Å². The molecule has 0 radical (unpaired) electrons. The third kappa shape index (κ3) is 2.20. The van der Waals surface area contributed by atoms with E-state index in [1.807, 2.05) is 25.1 Å². The predicted octanol–water partition coefficient (Wildman–Crippen LogP) is 1.38. The van der Waals surface area contributed by atoms with E-state index in [2.05, 4.69) is 11.4 Å². The number of benzene rings is 1. The Bertz CT molecular complexity index is 340. The first-order chi connectivity index (χ1) is 7.86. The van der Waals surface area contributed by atoms with Gasteiger partial charge in [-0.15, -0.1) is 0 Å². The van der Waals surface area contributed by atoms with Crippen molar-refractivity contribution in [2.75, 3.05) is 26.3 Å². The smallest absolute Gasteiger partial charge is 0.122 e. The minimum Gasteiger partial charge on any atom is -0.494 e. The lowest BCUT2D eigenvalue weighted by Crippen LogP contribution is -2.15. The van der Waals surface area contributed by atoms with Crippen molar-refractivity contribution in [3.05, 3.63) is 29.8 Å². The molecular weight excluding hydrogens is 202 g/mol. The highest BCUT2D eigenvalue weighted by atomic mass is 16.5. The third-order valence-corrected chi connectivity index (χ3v) is 3.19. The Morgan fingerprint density at radius 3 is 2.94 bits per heavy atom. The number of hydrogen-bond donors (Lipinski definition) is 2. The maximum atomic E-state index is 9.34. The van der Waals surface area contributed by atoms with Crippen LogP contribution >= 0.6 is 0 Å². The highest BCUT2D eigenvalue weighted by molar-refractivity contribution is 5.37. The molecular formula is C13H19NO2. The van der Waals surface area contributed by atoms with Crippen LogP contribution in [0.1, 0.15) is 18.4 Å². The van der Waals surface area contributed by atoms with Gasteiger partial charge in [-0.3, -0.25) is 0 Å². The first-order valence-electron chi connectivity index (χ1n) is 5.90. The molecule has 2 rings (SSSR count). The summed E-state index contributed by atoms with van der Waals surface area (Å²) in [6, 6.07) is 8.13. The number of hydrogen-bond acceptors (Lipinski definition) is 3. The minimum atomic E-state index is 0.234. The van der Waals surface area contributed by atoms with Crippen molar-refractivity contribution in [1.29, 1.82) is 0 Å². The summed E-state index contributed by atoms with van der Waals surface area (Å²) in [5.74, 6) is 1.63. The Labute approximate surface area is 96.4 Å². The summed E-state index contributed by atoms with van der Waals surface area (Å²) in [6.07, 6.45) is 0. The van der Waals surface area contributed by atoms with Crippen molar-refractivity contribution in [3.63, 3.8) is 0 Å². The van der Waals surface area contributed by atoms with Gasteiger partial charge in [0.15, 0.2) is 0 Å². The molecule has 1 aromatic rings. The Balaban J connectivity index is 2.24. The zero-order valence-corrected chi connectivity index (χ0v) is 9.65. The van der Waals surface area contributed by atoms with E-state index in [0.29, 0.717) is 18.4 Å². The van der Waals surface area contributed by atoms with Crippen molar-refractivity contribution < 1.29 is 9.84 Å². The van der Waals surface area contributed by atoms with E-state index in [0.717, 1.165) is 18.8 Å². The fourth-order valence-corrected chi connectivity index (χ4v) is 2.36. The fraction of sp³-hybridized carbons (Fsp3) is 0.538. The van der Waals surface area contributed by atoms with Crippen molar-refractivity contribution in [2.45, 2.75) is 12.8 Å². The molecule has 1 aliphatic rings. The SMILES string of the molecule is CCOc1ccccc1[C@@H]1CNC[C@@H]1CO. The van der Waals surface area contributed by atoms with Gasteiger partial charge in [-0.1, -0.05) is 18.2 Å². The normalized spacial score (nSPS) is 24.6. The number of ether oxygens (including phenoxy) is 1. The van der Waals surface area contributed by atoms with Gasteiger partial charge < -0.3 is 15.2 Å². The molecule has 2 N–H and O–H groups in total. The summed E-state index contributed by atoms with van der Waals surface area (Å²) in [6.45, 7) is 4.73. The molecule has 1 fully saturated rings. The summed E-state index contributed by atoms with van der Waals surface area (Å²) >= 11 is 0. The van der Waals surface area contributed by atoms with Crippen LogP contribution in [-0.2, 0) is 0 Å². The average molecular weight is 221 g/mol. The van der Waals surface area contributed by atoms with Crippen LogP contribution in [0.3, 0.4) is 0 Å². The molecule has 1 aromatic carbocycles. The molecule has 3 nitrogen and oxygen atoms in total. The lowest BCUT2D eigenvalue weighted by atomic mass is 9.89. The van der Waals surface area contributed by atoms with Crippen molar-refractivity contribution in [3.8, 4) is 5.75 Å². The molecule has 2 atom stereocenters. The monoisotopic (exact) mass is 221 g/mol. The van der Waals surface area contributed by atoms with Crippen LogP contribution < -0.4 is 10.1 Å². The van der Waals surface area contributed by atoms with Crippen LogP contribution in [0.2, 0.25) is 0 Å². The molecule has 0 amide bonds. The maximum absolute atomic E-state index is 9.34. The van der Waals surface area contributed by atoms with E-state index in [-0.39, 0.29) is 6.61 Å². The Morgan fingerprint density at radius 1 is 1.38 bits per heavy atom. The number of rotatable bonds is 4. The van der Waals surface area contributed by atoms with Gasteiger partial charge in [0, 0.05) is 31.5 Å². The molecule has 1 saturated heterocycles. The number of nitrogens with one attached hydrogen (secondary N) is 1. The Morgan fingerprint density at radius 2 is 2.19 bits per heavy atom. The molecule has 1 heterocycles.